The van der Waals surface area contributed by atoms with Gasteiger partial charge in [0, 0.05) is 10.8 Å². The maximum atomic E-state index is 6.23. The molecule has 0 saturated heterocycles. The standard InChI is InChI=1S/C34H38O2/c1-25(35-31-21-17-29(18-22-31)33(3,4)27-13-9-7-10-14-27)26(2)36-32-23-19-30(20-24-32)34(5,6)28-15-11-8-12-16-28/h7-26H,1-6H3. The van der Waals surface area contributed by atoms with E-state index in [2.05, 4.69) is 151 Å². The molecule has 2 nitrogen and oxygen atoms in total. The van der Waals surface area contributed by atoms with E-state index in [1.165, 1.54) is 22.3 Å². The quantitative estimate of drug-likeness (QED) is 0.240. The maximum absolute atomic E-state index is 6.23. The van der Waals surface area contributed by atoms with Gasteiger partial charge in [0.1, 0.15) is 23.7 Å². The van der Waals surface area contributed by atoms with E-state index in [-0.39, 0.29) is 23.0 Å². The average molecular weight is 479 g/mol. The lowest BCUT2D eigenvalue weighted by Gasteiger charge is -2.27. The Bertz CT molecular complexity index is 1120. The number of hydrogen-bond acceptors (Lipinski definition) is 2. The molecule has 2 unspecified atom stereocenters. The van der Waals surface area contributed by atoms with E-state index in [4.69, 9.17) is 9.47 Å². The van der Waals surface area contributed by atoms with Gasteiger partial charge in [-0.1, -0.05) is 113 Å². The molecule has 0 aliphatic carbocycles. The van der Waals surface area contributed by atoms with Crippen molar-refractivity contribution in [3.8, 4) is 11.5 Å². The minimum absolute atomic E-state index is 0.0664. The van der Waals surface area contributed by atoms with Crippen LogP contribution >= 0.6 is 0 Å². The molecule has 0 fully saturated rings. The zero-order chi connectivity index (χ0) is 25.8. The highest BCUT2D eigenvalue weighted by atomic mass is 16.5. The summed E-state index contributed by atoms with van der Waals surface area (Å²) in [6.07, 6.45) is -0.197. The van der Waals surface area contributed by atoms with E-state index in [1.807, 2.05) is 0 Å². The predicted octanol–water partition coefficient (Wildman–Crippen LogP) is 8.57. The molecule has 0 bridgehead atoms. The maximum Gasteiger partial charge on any atom is 0.132 e. The Hall–Kier alpha value is -3.52. The SMILES string of the molecule is CC(Oc1ccc(C(C)(C)c2ccccc2)cc1)C(C)Oc1ccc(C(C)(C)c2ccccc2)cc1. The lowest BCUT2D eigenvalue weighted by molar-refractivity contribution is 0.0779. The first-order valence-corrected chi connectivity index (χ1v) is 12.8. The molecule has 0 radical (unpaired) electrons. The van der Waals surface area contributed by atoms with Gasteiger partial charge in [0.05, 0.1) is 0 Å². The van der Waals surface area contributed by atoms with Crippen molar-refractivity contribution in [2.45, 2.75) is 64.6 Å². The lowest BCUT2D eigenvalue weighted by Crippen LogP contribution is -2.31. The fourth-order valence-corrected chi connectivity index (χ4v) is 4.56. The zero-order valence-corrected chi connectivity index (χ0v) is 22.4. The average Bonchev–Trinajstić information content (AvgIpc) is 2.90. The monoisotopic (exact) mass is 478 g/mol. The summed E-state index contributed by atoms with van der Waals surface area (Å²) in [6, 6.07) is 38.1. The van der Waals surface area contributed by atoms with Crippen LogP contribution in [0.2, 0.25) is 0 Å². The van der Waals surface area contributed by atoms with Gasteiger partial charge in [-0.25, -0.2) is 0 Å². The van der Waals surface area contributed by atoms with Crippen molar-refractivity contribution in [3.05, 3.63) is 131 Å². The van der Waals surface area contributed by atoms with Crippen LogP contribution in [0.3, 0.4) is 0 Å². The molecule has 0 N–H and O–H groups in total. The van der Waals surface area contributed by atoms with Gasteiger partial charge in [0.15, 0.2) is 0 Å². The van der Waals surface area contributed by atoms with Crippen LogP contribution in [0.15, 0.2) is 109 Å². The van der Waals surface area contributed by atoms with Crippen molar-refractivity contribution in [3.63, 3.8) is 0 Å². The Kier molecular flexibility index (Phi) is 7.54. The van der Waals surface area contributed by atoms with E-state index in [9.17, 15) is 0 Å². The van der Waals surface area contributed by atoms with Gasteiger partial charge < -0.3 is 9.47 Å². The van der Waals surface area contributed by atoms with Gasteiger partial charge >= 0.3 is 0 Å². The Balaban J connectivity index is 1.37. The van der Waals surface area contributed by atoms with Gasteiger partial charge in [-0.05, 0) is 60.4 Å². The highest BCUT2D eigenvalue weighted by Crippen LogP contribution is 2.34. The molecule has 4 aromatic rings. The first kappa shape index (κ1) is 25.6. The molecule has 36 heavy (non-hydrogen) atoms. The molecule has 0 aromatic heterocycles. The minimum Gasteiger partial charge on any atom is -0.487 e. The van der Waals surface area contributed by atoms with Crippen molar-refractivity contribution in [1.82, 2.24) is 0 Å². The van der Waals surface area contributed by atoms with Gasteiger partial charge in [-0.2, -0.15) is 0 Å². The van der Waals surface area contributed by atoms with E-state index in [1.54, 1.807) is 0 Å². The molecule has 186 valence electrons. The zero-order valence-electron chi connectivity index (χ0n) is 22.4. The largest absolute Gasteiger partial charge is 0.487 e. The molecule has 0 aliphatic heterocycles. The highest BCUT2D eigenvalue weighted by Gasteiger charge is 2.24. The molecule has 4 rings (SSSR count). The Morgan fingerprint density at radius 1 is 0.417 bits per heavy atom. The van der Waals surface area contributed by atoms with Crippen LogP contribution in [0.5, 0.6) is 11.5 Å². The number of hydrogen-bond donors (Lipinski definition) is 0. The summed E-state index contributed by atoms with van der Waals surface area (Å²) < 4.78 is 12.5. The number of benzene rings is 4. The summed E-state index contributed by atoms with van der Waals surface area (Å²) in [5, 5.41) is 0. The van der Waals surface area contributed by atoms with Gasteiger partial charge in [0.2, 0.25) is 0 Å². The second-order valence-electron chi connectivity index (χ2n) is 10.7. The van der Waals surface area contributed by atoms with E-state index < -0.39 is 0 Å². The summed E-state index contributed by atoms with van der Waals surface area (Å²) in [5.74, 6) is 1.70. The molecule has 2 atom stereocenters. The van der Waals surface area contributed by atoms with E-state index in [0.717, 1.165) is 11.5 Å². The molecule has 4 aromatic carbocycles. The third-order valence-electron chi connectivity index (χ3n) is 7.45. The van der Waals surface area contributed by atoms with Gasteiger partial charge in [-0.3, -0.25) is 0 Å². The summed E-state index contributed by atoms with van der Waals surface area (Å²) in [5.41, 5.74) is 4.99. The summed E-state index contributed by atoms with van der Waals surface area (Å²) in [6.45, 7) is 13.1. The molecule has 0 amide bonds. The van der Waals surface area contributed by atoms with Gasteiger partial charge in [0.25, 0.3) is 0 Å². The summed E-state index contributed by atoms with van der Waals surface area (Å²) in [7, 11) is 0. The molecule has 0 heterocycles. The van der Waals surface area contributed by atoms with E-state index in [0.29, 0.717) is 0 Å². The van der Waals surface area contributed by atoms with Crippen LogP contribution < -0.4 is 9.47 Å². The first-order chi connectivity index (χ1) is 17.2. The van der Waals surface area contributed by atoms with Crippen molar-refractivity contribution in [2.24, 2.45) is 0 Å². The van der Waals surface area contributed by atoms with Crippen LogP contribution in [0, 0.1) is 0 Å². The highest BCUT2D eigenvalue weighted by molar-refractivity contribution is 5.41. The number of ether oxygens (including phenoxy) is 2. The number of rotatable bonds is 9. The third kappa shape index (κ3) is 5.65. The van der Waals surface area contributed by atoms with Crippen molar-refractivity contribution < 1.29 is 9.47 Å². The van der Waals surface area contributed by atoms with Crippen LogP contribution in [0.25, 0.3) is 0 Å². The van der Waals surface area contributed by atoms with Crippen molar-refractivity contribution in [2.75, 3.05) is 0 Å². The normalized spacial score (nSPS) is 13.6. The second kappa shape index (κ2) is 10.6. The smallest absolute Gasteiger partial charge is 0.132 e. The van der Waals surface area contributed by atoms with Gasteiger partial charge in [-0.15, -0.1) is 0 Å². The second-order valence-corrected chi connectivity index (χ2v) is 10.7. The van der Waals surface area contributed by atoms with E-state index >= 15 is 0 Å². The summed E-state index contributed by atoms with van der Waals surface area (Å²) in [4.78, 5) is 0. The fourth-order valence-electron chi connectivity index (χ4n) is 4.56. The van der Waals surface area contributed by atoms with Crippen LogP contribution in [0.1, 0.15) is 63.8 Å². The lowest BCUT2D eigenvalue weighted by atomic mass is 9.78. The molecule has 0 saturated carbocycles. The van der Waals surface area contributed by atoms with Crippen LogP contribution in [-0.2, 0) is 10.8 Å². The Morgan fingerprint density at radius 3 is 1.00 bits per heavy atom. The Morgan fingerprint density at radius 2 is 0.694 bits per heavy atom. The molecule has 0 spiro atoms. The molecule has 2 heteroatoms. The van der Waals surface area contributed by atoms with Crippen LogP contribution in [-0.4, -0.2) is 12.2 Å². The summed E-state index contributed by atoms with van der Waals surface area (Å²) >= 11 is 0. The molecular formula is C34H38O2. The van der Waals surface area contributed by atoms with Crippen molar-refractivity contribution in [1.29, 1.82) is 0 Å². The van der Waals surface area contributed by atoms with Crippen molar-refractivity contribution >= 4 is 0 Å². The third-order valence-corrected chi connectivity index (χ3v) is 7.45. The first-order valence-electron chi connectivity index (χ1n) is 12.8. The minimum atomic E-state index is -0.0987. The predicted molar refractivity (Wildman–Crippen MR) is 150 cm³/mol. The molecular weight excluding hydrogens is 440 g/mol. The fraction of sp³-hybridized carbons (Fsp3) is 0.294. The Labute approximate surface area is 216 Å². The topological polar surface area (TPSA) is 18.5 Å². The van der Waals surface area contributed by atoms with Crippen LogP contribution in [0.4, 0.5) is 0 Å². The molecule has 0 aliphatic rings.